The largest absolute Gasteiger partial charge is 0.328 e. The van der Waals surface area contributed by atoms with E-state index in [0.717, 1.165) is 28.2 Å². The molecule has 1 aliphatic carbocycles. The van der Waals surface area contributed by atoms with E-state index >= 15 is 0 Å². The molecular formula is C21H20N6. The van der Waals surface area contributed by atoms with E-state index in [0.29, 0.717) is 6.04 Å². The fourth-order valence-electron chi connectivity index (χ4n) is 3.51. The second kappa shape index (κ2) is 6.48. The van der Waals surface area contributed by atoms with E-state index in [9.17, 15) is 0 Å². The Morgan fingerprint density at radius 3 is 2.70 bits per heavy atom. The van der Waals surface area contributed by atoms with Crippen LogP contribution in [0.2, 0.25) is 0 Å². The van der Waals surface area contributed by atoms with E-state index in [4.69, 9.17) is 5.73 Å². The maximum Gasteiger partial charge on any atom is 0.164 e. The first-order valence-electron chi connectivity index (χ1n) is 9.14. The van der Waals surface area contributed by atoms with E-state index in [-0.39, 0.29) is 6.17 Å². The fourth-order valence-corrected chi connectivity index (χ4v) is 3.51. The van der Waals surface area contributed by atoms with Crippen LogP contribution in [0.3, 0.4) is 0 Å². The van der Waals surface area contributed by atoms with Gasteiger partial charge in [-0.15, -0.1) is 10.2 Å². The quantitative estimate of drug-likeness (QED) is 0.776. The lowest BCUT2D eigenvalue weighted by Crippen LogP contribution is -2.40. The van der Waals surface area contributed by atoms with Gasteiger partial charge in [0, 0.05) is 35.9 Å². The molecule has 5 rings (SSSR count). The molecule has 134 valence electrons. The predicted molar refractivity (Wildman–Crippen MR) is 106 cm³/mol. The Labute approximate surface area is 157 Å². The van der Waals surface area contributed by atoms with Crippen LogP contribution < -0.4 is 10.6 Å². The molecule has 3 aromatic rings. The van der Waals surface area contributed by atoms with Gasteiger partial charge >= 0.3 is 0 Å². The normalized spacial score (nSPS) is 19.2. The van der Waals surface area contributed by atoms with E-state index in [1.807, 2.05) is 36.8 Å². The van der Waals surface area contributed by atoms with Crippen LogP contribution in [0.5, 0.6) is 0 Å². The number of hydrogen-bond acceptors (Lipinski definition) is 5. The molecule has 1 aromatic carbocycles. The van der Waals surface area contributed by atoms with Crippen molar-refractivity contribution >= 4 is 11.3 Å². The number of hydrogen-bond donors (Lipinski definition) is 1. The average molecular weight is 356 g/mol. The summed E-state index contributed by atoms with van der Waals surface area (Å²) in [6.45, 7) is 0. The van der Waals surface area contributed by atoms with Crippen LogP contribution in [-0.4, -0.2) is 25.9 Å². The summed E-state index contributed by atoms with van der Waals surface area (Å²) in [5.41, 5.74) is 10.8. The third kappa shape index (κ3) is 2.94. The van der Waals surface area contributed by atoms with Crippen LogP contribution in [-0.2, 0) is 0 Å². The minimum absolute atomic E-state index is 0.269. The van der Waals surface area contributed by atoms with Crippen molar-refractivity contribution in [2.45, 2.75) is 25.0 Å². The third-order valence-corrected chi connectivity index (χ3v) is 5.07. The van der Waals surface area contributed by atoms with Gasteiger partial charge in [-0.05, 0) is 54.3 Å². The van der Waals surface area contributed by atoms with Crippen molar-refractivity contribution in [3.8, 4) is 11.4 Å². The zero-order chi connectivity index (χ0) is 18.2. The van der Waals surface area contributed by atoms with Gasteiger partial charge in [0.2, 0.25) is 0 Å². The second-order valence-electron chi connectivity index (χ2n) is 6.89. The number of anilines is 1. The zero-order valence-electron chi connectivity index (χ0n) is 14.8. The molecule has 1 unspecified atom stereocenters. The zero-order valence-corrected chi connectivity index (χ0v) is 14.8. The first kappa shape index (κ1) is 16.0. The molecule has 1 aliphatic heterocycles. The third-order valence-electron chi connectivity index (χ3n) is 5.07. The molecule has 3 heterocycles. The van der Waals surface area contributed by atoms with Gasteiger partial charge in [-0.2, -0.15) is 0 Å². The Kier molecular flexibility index (Phi) is 3.83. The lowest BCUT2D eigenvalue weighted by Gasteiger charge is -2.32. The molecule has 27 heavy (non-hydrogen) atoms. The van der Waals surface area contributed by atoms with Crippen LogP contribution >= 0.6 is 0 Å². The van der Waals surface area contributed by atoms with Crippen molar-refractivity contribution < 1.29 is 0 Å². The highest BCUT2D eigenvalue weighted by molar-refractivity contribution is 5.77. The van der Waals surface area contributed by atoms with E-state index in [1.54, 1.807) is 12.4 Å². The molecule has 1 fully saturated rings. The van der Waals surface area contributed by atoms with Gasteiger partial charge < -0.3 is 15.2 Å². The molecule has 1 saturated carbocycles. The van der Waals surface area contributed by atoms with Crippen molar-refractivity contribution in [2.24, 2.45) is 5.73 Å². The van der Waals surface area contributed by atoms with E-state index in [2.05, 4.69) is 48.9 Å². The van der Waals surface area contributed by atoms with Crippen molar-refractivity contribution in [1.29, 1.82) is 0 Å². The van der Waals surface area contributed by atoms with Gasteiger partial charge in [0.15, 0.2) is 5.82 Å². The van der Waals surface area contributed by atoms with Crippen LogP contribution in [0.15, 0.2) is 73.5 Å². The molecule has 2 aromatic heterocycles. The number of aromatic nitrogens is 4. The van der Waals surface area contributed by atoms with Gasteiger partial charge in [-0.25, -0.2) is 0 Å². The van der Waals surface area contributed by atoms with Crippen LogP contribution in [0.4, 0.5) is 5.69 Å². The SMILES string of the molecule is NC1C(c2ccncc2)=CC=CN1c1cccc(-c2nncn2C2CC2)c1. The van der Waals surface area contributed by atoms with Gasteiger partial charge in [-0.1, -0.05) is 18.2 Å². The molecule has 6 nitrogen and oxygen atoms in total. The van der Waals surface area contributed by atoms with Crippen molar-refractivity contribution in [3.05, 3.63) is 79.0 Å². The summed E-state index contributed by atoms with van der Waals surface area (Å²) < 4.78 is 2.17. The maximum absolute atomic E-state index is 6.60. The fraction of sp³-hybridized carbons (Fsp3) is 0.190. The van der Waals surface area contributed by atoms with Gasteiger partial charge in [0.1, 0.15) is 12.5 Å². The number of benzene rings is 1. The molecular weight excluding hydrogens is 336 g/mol. The Bertz CT molecular complexity index is 1020. The topological polar surface area (TPSA) is 72.9 Å². The van der Waals surface area contributed by atoms with Crippen LogP contribution in [0, 0.1) is 0 Å². The molecule has 0 bridgehead atoms. The lowest BCUT2D eigenvalue weighted by molar-refractivity contribution is 0.746. The smallest absolute Gasteiger partial charge is 0.164 e. The minimum Gasteiger partial charge on any atom is -0.328 e. The molecule has 2 aliphatic rings. The minimum atomic E-state index is -0.269. The highest BCUT2D eigenvalue weighted by Gasteiger charge is 2.27. The molecule has 0 saturated heterocycles. The summed E-state index contributed by atoms with van der Waals surface area (Å²) in [6.07, 6.45) is 13.6. The number of allylic oxidation sites excluding steroid dienone is 2. The highest BCUT2D eigenvalue weighted by atomic mass is 15.3. The monoisotopic (exact) mass is 356 g/mol. The maximum atomic E-state index is 6.60. The molecule has 0 radical (unpaired) electrons. The van der Waals surface area contributed by atoms with Crippen molar-refractivity contribution in [2.75, 3.05) is 4.90 Å². The summed E-state index contributed by atoms with van der Waals surface area (Å²) in [5.74, 6) is 0.916. The van der Waals surface area contributed by atoms with Crippen LogP contribution in [0.1, 0.15) is 24.4 Å². The molecule has 2 N–H and O–H groups in total. The summed E-state index contributed by atoms with van der Waals surface area (Å²) in [7, 11) is 0. The molecule has 0 amide bonds. The summed E-state index contributed by atoms with van der Waals surface area (Å²) in [6, 6.07) is 12.8. The second-order valence-corrected chi connectivity index (χ2v) is 6.89. The number of rotatable bonds is 4. The molecule has 1 atom stereocenters. The van der Waals surface area contributed by atoms with E-state index < -0.39 is 0 Å². The highest BCUT2D eigenvalue weighted by Crippen LogP contribution is 2.38. The molecule has 6 heteroatoms. The number of nitrogens with two attached hydrogens (primary N) is 1. The van der Waals surface area contributed by atoms with Gasteiger partial charge in [0.05, 0.1) is 0 Å². The van der Waals surface area contributed by atoms with Gasteiger partial charge in [-0.3, -0.25) is 4.98 Å². The Morgan fingerprint density at radius 1 is 1.04 bits per heavy atom. The summed E-state index contributed by atoms with van der Waals surface area (Å²) >= 11 is 0. The van der Waals surface area contributed by atoms with E-state index in [1.165, 1.54) is 12.8 Å². The number of nitrogens with zero attached hydrogens (tertiary/aromatic N) is 5. The summed E-state index contributed by atoms with van der Waals surface area (Å²) in [4.78, 5) is 6.18. The Balaban J connectivity index is 1.48. The van der Waals surface area contributed by atoms with Gasteiger partial charge in [0.25, 0.3) is 0 Å². The standard InChI is InChI=1S/C21H20N6/c22-20-19(15-8-10-23-11-9-15)5-2-12-26(20)18-4-1-3-16(13-18)21-25-24-14-27(21)17-6-7-17/h1-5,8-14,17,20H,6-7,22H2. The number of pyridine rings is 1. The summed E-state index contributed by atoms with van der Waals surface area (Å²) in [5, 5.41) is 8.46. The van der Waals surface area contributed by atoms with Crippen molar-refractivity contribution in [3.63, 3.8) is 0 Å². The average Bonchev–Trinajstić information content (AvgIpc) is 3.45. The molecule has 0 spiro atoms. The van der Waals surface area contributed by atoms with Crippen molar-refractivity contribution in [1.82, 2.24) is 19.7 Å². The van der Waals surface area contributed by atoms with Crippen LogP contribution in [0.25, 0.3) is 17.0 Å². The Hall–Kier alpha value is -3.25. The Morgan fingerprint density at radius 2 is 1.89 bits per heavy atom. The first-order chi connectivity index (χ1) is 13.3. The lowest BCUT2D eigenvalue weighted by atomic mass is 10.0. The first-order valence-corrected chi connectivity index (χ1v) is 9.14. The predicted octanol–water partition coefficient (Wildman–Crippen LogP) is 3.38.